The molecule has 0 radical (unpaired) electrons. The SMILES string of the molecule is COC(=O)C(NC1CC1)c1ccc2cc(C)ccc2c1. The number of carbonyl (C=O) groups is 1. The lowest BCUT2D eigenvalue weighted by atomic mass is 10.0. The Bertz CT molecular complexity index is 646. The number of nitrogens with one attached hydrogen (secondary N) is 1. The average molecular weight is 269 g/mol. The van der Waals surface area contributed by atoms with Crippen LogP contribution in [0.15, 0.2) is 36.4 Å². The molecule has 0 amide bonds. The molecule has 2 aromatic carbocycles. The van der Waals surface area contributed by atoms with Crippen molar-refractivity contribution in [2.45, 2.75) is 31.8 Å². The summed E-state index contributed by atoms with van der Waals surface area (Å²) in [5, 5.41) is 5.71. The van der Waals surface area contributed by atoms with Gasteiger partial charge in [-0.05, 0) is 42.2 Å². The molecule has 0 heterocycles. The summed E-state index contributed by atoms with van der Waals surface area (Å²) in [5.74, 6) is -0.219. The highest BCUT2D eigenvalue weighted by atomic mass is 16.5. The number of hydrogen-bond acceptors (Lipinski definition) is 3. The maximum Gasteiger partial charge on any atom is 0.327 e. The number of hydrogen-bond donors (Lipinski definition) is 1. The van der Waals surface area contributed by atoms with Gasteiger partial charge in [-0.2, -0.15) is 0 Å². The van der Waals surface area contributed by atoms with Gasteiger partial charge in [-0.3, -0.25) is 5.32 Å². The minimum atomic E-state index is -0.363. The van der Waals surface area contributed by atoms with Crippen LogP contribution in [0.2, 0.25) is 0 Å². The monoisotopic (exact) mass is 269 g/mol. The van der Waals surface area contributed by atoms with E-state index in [1.165, 1.54) is 18.1 Å². The Balaban J connectivity index is 1.96. The lowest BCUT2D eigenvalue weighted by molar-refractivity contribution is -0.143. The van der Waals surface area contributed by atoms with Crippen molar-refractivity contribution in [2.24, 2.45) is 0 Å². The molecule has 3 rings (SSSR count). The summed E-state index contributed by atoms with van der Waals surface area (Å²) in [6.45, 7) is 2.08. The van der Waals surface area contributed by atoms with Crippen molar-refractivity contribution >= 4 is 16.7 Å². The van der Waals surface area contributed by atoms with Crippen LogP contribution >= 0.6 is 0 Å². The Labute approximate surface area is 118 Å². The zero-order valence-electron chi connectivity index (χ0n) is 11.8. The van der Waals surface area contributed by atoms with Crippen molar-refractivity contribution < 1.29 is 9.53 Å². The summed E-state index contributed by atoms with van der Waals surface area (Å²) < 4.78 is 4.93. The van der Waals surface area contributed by atoms with E-state index in [-0.39, 0.29) is 12.0 Å². The van der Waals surface area contributed by atoms with E-state index in [0.29, 0.717) is 6.04 Å². The zero-order valence-corrected chi connectivity index (χ0v) is 11.8. The van der Waals surface area contributed by atoms with E-state index in [9.17, 15) is 4.79 Å². The van der Waals surface area contributed by atoms with Crippen LogP contribution in [-0.4, -0.2) is 19.1 Å². The molecule has 1 atom stereocenters. The third kappa shape index (κ3) is 2.68. The number of carbonyl (C=O) groups excluding carboxylic acids is 1. The lowest BCUT2D eigenvalue weighted by Gasteiger charge is -2.17. The zero-order chi connectivity index (χ0) is 14.1. The van der Waals surface area contributed by atoms with Crippen LogP contribution in [0.1, 0.15) is 30.0 Å². The van der Waals surface area contributed by atoms with Crippen molar-refractivity contribution in [3.8, 4) is 0 Å². The second-order valence-corrected chi connectivity index (χ2v) is 5.51. The van der Waals surface area contributed by atoms with E-state index in [0.717, 1.165) is 23.8 Å². The molecule has 1 N–H and O–H groups in total. The van der Waals surface area contributed by atoms with Gasteiger partial charge in [0.15, 0.2) is 0 Å². The van der Waals surface area contributed by atoms with Gasteiger partial charge in [0, 0.05) is 6.04 Å². The molecule has 1 saturated carbocycles. The average Bonchev–Trinajstić information content (AvgIpc) is 3.27. The summed E-state index contributed by atoms with van der Waals surface area (Å²) in [6, 6.07) is 12.6. The summed E-state index contributed by atoms with van der Waals surface area (Å²) in [4.78, 5) is 12.0. The third-order valence-corrected chi connectivity index (χ3v) is 3.77. The number of methoxy groups -OCH3 is 1. The topological polar surface area (TPSA) is 38.3 Å². The predicted molar refractivity (Wildman–Crippen MR) is 79.6 cm³/mol. The molecule has 20 heavy (non-hydrogen) atoms. The standard InChI is InChI=1S/C17H19NO2/c1-11-3-4-13-10-14(6-5-12(13)9-11)16(17(19)20-2)18-15-7-8-15/h3-6,9-10,15-16,18H,7-8H2,1-2H3. The van der Waals surface area contributed by atoms with E-state index in [2.05, 4.69) is 42.6 Å². The molecule has 0 bridgehead atoms. The normalized spacial score (nSPS) is 16.1. The van der Waals surface area contributed by atoms with Crippen molar-refractivity contribution in [3.63, 3.8) is 0 Å². The maximum absolute atomic E-state index is 12.0. The van der Waals surface area contributed by atoms with Gasteiger partial charge in [-0.1, -0.05) is 35.9 Å². The molecule has 3 nitrogen and oxygen atoms in total. The highest BCUT2D eigenvalue weighted by Gasteiger charge is 2.30. The first-order valence-corrected chi connectivity index (χ1v) is 7.01. The number of fused-ring (bicyclic) bond motifs is 1. The lowest BCUT2D eigenvalue weighted by Crippen LogP contribution is -2.31. The molecule has 3 heteroatoms. The first-order valence-electron chi connectivity index (χ1n) is 7.01. The van der Waals surface area contributed by atoms with Gasteiger partial charge in [0.2, 0.25) is 0 Å². The van der Waals surface area contributed by atoms with E-state index in [4.69, 9.17) is 4.74 Å². The van der Waals surface area contributed by atoms with Gasteiger partial charge in [-0.25, -0.2) is 4.79 Å². The molecule has 2 aromatic rings. The summed E-state index contributed by atoms with van der Waals surface area (Å²) in [7, 11) is 1.44. The molecule has 1 fully saturated rings. The van der Waals surface area contributed by atoms with Crippen molar-refractivity contribution in [1.29, 1.82) is 0 Å². The maximum atomic E-state index is 12.0. The van der Waals surface area contributed by atoms with E-state index >= 15 is 0 Å². The Morgan fingerprint density at radius 3 is 2.60 bits per heavy atom. The fraction of sp³-hybridized carbons (Fsp3) is 0.353. The van der Waals surface area contributed by atoms with Gasteiger partial charge in [0.05, 0.1) is 7.11 Å². The molecule has 1 unspecified atom stereocenters. The number of rotatable bonds is 4. The molecular formula is C17H19NO2. The number of esters is 1. The van der Waals surface area contributed by atoms with Crippen molar-refractivity contribution in [1.82, 2.24) is 5.32 Å². The number of aryl methyl sites for hydroxylation is 1. The highest BCUT2D eigenvalue weighted by Crippen LogP contribution is 2.27. The second kappa shape index (κ2) is 5.25. The van der Waals surface area contributed by atoms with E-state index in [1.54, 1.807) is 0 Å². The molecule has 0 aliphatic heterocycles. The van der Waals surface area contributed by atoms with Crippen LogP contribution < -0.4 is 5.32 Å². The predicted octanol–water partition coefficient (Wildman–Crippen LogP) is 3.11. The van der Waals surface area contributed by atoms with Crippen LogP contribution in [0.25, 0.3) is 10.8 Å². The first kappa shape index (κ1) is 13.1. The van der Waals surface area contributed by atoms with Crippen molar-refractivity contribution in [3.05, 3.63) is 47.5 Å². The third-order valence-electron chi connectivity index (χ3n) is 3.77. The minimum absolute atomic E-state index is 0.219. The summed E-state index contributed by atoms with van der Waals surface area (Å²) >= 11 is 0. The summed E-state index contributed by atoms with van der Waals surface area (Å²) in [6.07, 6.45) is 2.28. The second-order valence-electron chi connectivity index (χ2n) is 5.51. The van der Waals surface area contributed by atoms with Gasteiger partial charge in [-0.15, -0.1) is 0 Å². The Morgan fingerprint density at radius 1 is 1.20 bits per heavy atom. The molecule has 1 aliphatic rings. The molecular weight excluding hydrogens is 250 g/mol. The van der Waals surface area contributed by atoms with Gasteiger partial charge < -0.3 is 4.74 Å². The minimum Gasteiger partial charge on any atom is -0.468 e. The van der Waals surface area contributed by atoms with Crippen LogP contribution in [0.4, 0.5) is 0 Å². The Kier molecular flexibility index (Phi) is 3.45. The van der Waals surface area contributed by atoms with E-state index in [1.807, 2.05) is 6.07 Å². The van der Waals surface area contributed by atoms with Gasteiger partial charge in [0.1, 0.15) is 6.04 Å². The smallest absolute Gasteiger partial charge is 0.327 e. The van der Waals surface area contributed by atoms with Gasteiger partial charge in [0.25, 0.3) is 0 Å². The fourth-order valence-corrected chi connectivity index (χ4v) is 2.47. The Hall–Kier alpha value is -1.87. The first-order chi connectivity index (χ1) is 9.67. The molecule has 104 valence electrons. The summed E-state index contributed by atoms with van der Waals surface area (Å²) in [5.41, 5.74) is 2.21. The quantitative estimate of drug-likeness (QED) is 0.867. The molecule has 0 aromatic heterocycles. The highest BCUT2D eigenvalue weighted by molar-refractivity contribution is 5.86. The van der Waals surface area contributed by atoms with Crippen LogP contribution in [-0.2, 0) is 9.53 Å². The van der Waals surface area contributed by atoms with E-state index < -0.39 is 0 Å². The number of ether oxygens (including phenoxy) is 1. The molecule has 0 spiro atoms. The van der Waals surface area contributed by atoms with Gasteiger partial charge >= 0.3 is 5.97 Å². The van der Waals surface area contributed by atoms with Crippen LogP contribution in [0.3, 0.4) is 0 Å². The largest absolute Gasteiger partial charge is 0.468 e. The number of benzene rings is 2. The Morgan fingerprint density at radius 2 is 1.90 bits per heavy atom. The van der Waals surface area contributed by atoms with Crippen LogP contribution in [0.5, 0.6) is 0 Å². The van der Waals surface area contributed by atoms with Crippen molar-refractivity contribution in [2.75, 3.05) is 7.11 Å². The molecule has 0 saturated heterocycles. The van der Waals surface area contributed by atoms with Crippen LogP contribution in [0, 0.1) is 6.92 Å². The molecule has 1 aliphatic carbocycles. The fourth-order valence-electron chi connectivity index (χ4n) is 2.47.